The van der Waals surface area contributed by atoms with Crippen molar-refractivity contribution in [1.82, 2.24) is 9.62 Å². The third-order valence-electron chi connectivity index (χ3n) is 4.13. The molecule has 1 amide bonds. The van der Waals surface area contributed by atoms with Gasteiger partial charge >= 0.3 is 0 Å². The average Bonchev–Trinajstić information content (AvgIpc) is 2.60. The van der Waals surface area contributed by atoms with Gasteiger partial charge in [-0.25, -0.2) is 8.42 Å². The SMILES string of the molecule is NCCC(=O)NC[C@H]1CCCCN1S(=O)(=O)c1ccc([N+](=O)[O-])cc1. The van der Waals surface area contributed by atoms with Gasteiger partial charge in [0.1, 0.15) is 0 Å². The summed E-state index contributed by atoms with van der Waals surface area (Å²) in [4.78, 5) is 21.7. The van der Waals surface area contributed by atoms with Crippen LogP contribution in [0.2, 0.25) is 0 Å². The second-order valence-corrected chi connectivity index (χ2v) is 7.75. The predicted octanol–water partition coefficient (Wildman–Crippen LogP) is 0.603. The number of nitrogens with zero attached hydrogens (tertiary/aromatic N) is 2. The maximum atomic E-state index is 12.9. The fraction of sp³-hybridized carbons (Fsp3) is 0.533. The smallest absolute Gasteiger partial charge is 0.269 e. The van der Waals surface area contributed by atoms with Crippen LogP contribution in [0.15, 0.2) is 29.2 Å². The van der Waals surface area contributed by atoms with E-state index in [0.29, 0.717) is 13.0 Å². The van der Waals surface area contributed by atoms with E-state index in [1.807, 2.05) is 0 Å². The van der Waals surface area contributed by atoms with Crippen molar-refractivity contribution in [1.29, 1.82) is 0 Å². The van der Waals surface area contributed by atoms with Gasteiger partial charge in [-0.2, -0.15) is 4.31 Å². The van der Waals surface area contributed by atoms with E-state index in [-0.39, 0.29) is 42.0 Å². The highest BCUT2D eigenvalue weighted by atomic mass is 32.2. The molecule has 0 saturated carbocycles. The van der Waals surface area contributed by atoms with Crippen molar-refractivity contribution in [2.24, 2.45) is 5.73 Å². The summed E-state index contributed by atoms with van der Waals surface area (Å²) >= 11 is 0. The fourth-order valence-electron chi connectivity index (χ4n) is 2.82. The van der Waals surface area contributed by atoms with Crippen LogP contribution in [0.5, 0.6) is 0 Å². The highest BCUT2D eigenvalue weighted by molar-refractivity contribution is 7.89. The van der Waals surface area contributed by atoms with E-state index in [1.54, 1.807) is 0 Å². The van der Waals surface area contributed by atoms with Crippen molar-refractivity contribution in [2.45, 2.75) is 36.6 Å². The number of nitrogens with two attached hydrogens (primary N) is 1. The van der Waals surface area contributed by atoms with Gasteiger partial charge in [-0.1, -0.05) is 6.42 Å². The van der Waals surface area contributed by atoms with Gasteiger partial charge < -0.3 is 11.1 Å². The van der Waals surface area contributed by atoms with Crippen molar-refractivity contribution in [3.05, 3.63) is 34.4 Å². The number of nitro groups is 1. The number of sulfonamides is 1. The Balaban J connectivity index is 2.16. The quantitative estimate of drug-likeness (QED) is 0.533. The summed E-state index contributed by atoms with van der Waals surface area (Å²) in [7, 11) is -3.78. The number of nitrogens with one attached hydrogen (secondary N) is 1. The van der Waals surface area contributed by atoms with Crippen LogP contribution < -0.4 is 11.1 Å². The molecule has 9 nitrogen and oxygen atoms in total. The van der Waals surface area contributed by atoms with Crippen LogP contribution in [0.3, 0.4) is 0 Å². The van der Waals surface area contributed by atoms with E-state index < -0.39 is 14.9 Å². The number of rotatable bonds is 7. The average molecular weight is 370 g/mol. The Morgan fingerprint density at radius 1 is 1.32 bits per heavy atom. The van der Waals surface area contributed by atoms with E-state index in [2.05, 4.69) is 5.32 Å². The highest BCUT2D eigenvalue weighted by Gasteiger charge is 2.33. The molecule has 1 saturated heterocycles. The molecule has 1 aliphatic heterocycles. The maximum absolute atomic E-state index is 12.9. The van der Waals surface area contributed by atoms with Gasteiger partial charge in [0, 0.05) is 44.2 Å². The largest absolute Gasteiger partial charge is 0.354 e. The number of benzene rings is 1. The molecule has 2 rings (SSSR count). The van der Waals surface area contributed by atoms with Gasteiger partial charge in [-0.3, -0.25) is 14.9 Å². The Labute approximate surface area is 146 Å². The van der Waals surface area contributed by atoms with E-state index in [1.165, 1.54) is 28.6 Å². The zero-order valence-electron chi connectivity index (χ0n) is 13.8. The summed E-state index contributed by atoms with van der Waals surface area (Å²) in [5.74, 6) is -0.208. The number of piperidine rings is 1. The minimum Gasteiger partial charge on any atom is -0.354 e. The Kier molecular flexibility index (Phi) is 6.45. The maximum Gasteiger partial charge on any atom is 0.269 e. The predicted molar refractivity (Wildman–Crippen MR) is 91.3 cm³/mol. The molecule has 1 aromatic carbocycles. The number of amides is 1. The topological polar surface area (TPSA) is 136 Å². The first-order chi connectivity index (χ1) is 11.9. The molecule has 0 bridgehead atoms. The van der Waals surface area contributed by atoms with Crippen LogP contribution in [-0.2, 0) is 14.8 Å². The molecule has 0 aromatic heterocycles. The highest BCUT2D eigenvalue weighted by Crippen LogP contribution is 2.26. The molecule has 1 aromatic rings. The first-order valence-corrected chi connectivity index (χ1v) is 9.53. The minimum absolute atomic E-state index is 0.0123. The molecule has 1 heterocycles. The van der Waals surface area contributed by atoms with Crippen LogP contribution in [0, 0.1) is 10.1 Å². The van der Waals surface area contributed by atoms with Gasteiger partial charge in [-0.05, 0) is 25.0 Å². The van der Waals surface area contributed by atoms with Gasteiger partial charge in [0.2, 0.25) is 15.9 Å². The van der Waals surface area contributed by atoms with Crippen LogP contribution in [0.1, 0.15) is 25.7 Å². The van der Waals surface area contributed by atoms with Crippen LogP contribution >= 0.6 is 0 Å². The number of hydrogen-bond acceptors (Lipinski definition) is 6. The molecule has 1 fully saturated rings. The Bertz CT molecular complexity index is 720. The van der Waals surface area contributed by atoms with Crippen molar-refractivity contribution >= 4 is 21.6 Å². The van der Waals surface area contributed by atoms with Gasteiger partial charge in [0.15, 0.2) is 0 Å². The fourth-order valence-corrected chi connectivity index (χ4v) is 4.51. The number of carbonyl (C=O) groups is 1. The zero-order chi connectivity index (χ0) is 18.4. The second kappa shape index (κ2) is 8.37. The minimum atomic E-state index is -3.78. The van der Waals surface area contributed by atoms with Gasteiger partial charge in [-0.15, -0.1) is 0 Å². The van der Waals surface area contributed by atoms with Crippen molar-refractivity contribution in [3.8, 4) is 0 Å². The molecule has 0 spiro atoms. The Morgan fingerprint density at radius 3 is 2.60 bits per heavy atom. The Morgan fingerprint density at radius 2 is 2.00 bits per heavy atom. The summed E-state index contributed by atoms with van der Waals surface area (Å²) in [6.07, 6.45) is 2.46. The van der Waals surface area contributed by atoms with Crippen molar-refractivity contribution < 1.29 is 18.1 Å². The van der Waals surface area contributed by atoms with E-state index in [9.17, 15) is 23.3 Å². The molecule has 0 aliphatic carbocycles. The monoisotopic (exact) mass is 370 g/mol. The summed E-state index contributed by atoms with van der Waals surface area (Å²) in [6, 6.07) is 4.50. The number of non-ortho nitro benzene ring substituents is 1. The summed E-state index contributed by atoms with van der Waals surface area (Å²) in [6.45, 7) is 0.823. The lowest BCUT2D eigenvalue weighted by molar-refractivity contribution is -0.384. The molecular weight excluding hydrogens is 348 g/mol. The lowest BCUT2D eigenvalue weighted by atomic mass is 10.1. The molecule has 1 atom stereocenters. The third kappa shape index (κ3) is 4.74. The van der Waals surface area contributed by atoms with Gasteiger partial charge in [0.25, 0.3) is 5.69 Å². The van der Waals surface area contributed by atoms with Gasteiger partial charge in [0.05, 0.1) is 9.82 Å². The summed E-state index contributed by atoms with van der Waals surface area (Å²) in [5.41, 5.74) is 5.17. The molecular formula is C15H22N4O5S. The van der Waals surface area contributed by atoms with E-state index in [0.717, 1.165) is 12.8 Å². The molecule has 25 heavy (non-hydrogen) atoms. The van der Waals surface area contributed by atoms with Crippen LogP contribution in [0.25, 0.3) is 0 Å². The third-order valence-corrected chi connectivity index (χ3v) is 6.10. The van der Waals surface area contributed by atoms with Crippen LogP contribution in [0.4, 0.5) is 5.69 Å². The molecule has 10 heteroatoms. The molecule has 0 radical (unpaired) electrons. The number of nitro benzene ring substituents is 1. The molecule has 138 valence electrons. The first kappa shape index (κ1) is 19.3. The molecule has 0 unspecified atom stereocenters. The summed E-state index contributed by atoms with van der Waals surface area (Å²) in [5, 5.41) is 13.4. The van der Waals surface area contributed by atoms with Crippen molar-refractivity contribution in [3.63, 3.8) is 0 Å². The van der Waals surface area contributed by atoms with E-state index >= 15 is 0 Å². The lowest BCUT2D eigenvalue weighted by Crippen LogP contribution is -2.49. The van der Waals surface area contributed by atoms with Crippen LogP contribution in [-0.4, -0.2) is 49.2 Å². The standard InChI is InChI=1S/C15H22N4O5S/c16-9-8-15(20)17-11-13-3-1-2-10-18(13)25(23,24)14-6-4-12(5-7-14)19(21)22/h4-7,13H,1-3,8-11,16H2,(H,17,20)/t13-/m1/s1. The Hall–Kier alpha value is -2.04. The number of hydrogen-bond donors (Lipinski definition) is 2. The molecule has 1 aliphatic rings. The first-order valence-electron chi connectivity index (χ1n) is 8.09. The zero-order valence-corrected chi connectivity index (χ0v) is 14.6. The molecule has 3 N–H and O–H groups in total. The normalized spacial score (nSPS) is 18.7. The second-order valence-electron chi connectivity index (χ2n) is 5.86. The van der Waals surface area contributed by atoms with E-state index in [4.69, 9.17) is 5.73 Å². The van der Waals surface area contributed by atoms with Crippen molar-refractivity contribution in [2.75, 3.05) is 19.6 Å². The lowest BCUT2D eigenvalue weighted by Gasteiger charge is -2.34. The number of carbonyl (C=O) groups excluding carboxylic acids is 1. The summed E-state index contributed by atoms with van der Waals surface area (Å²) < 4.78 is 27.1.